The standard InChI is InChI=1S/C14H17Cl3N4O8/c1-5(22)25-4-8-10(26-6(2)23)11(27-7(3)24)9(20-21-19)12(28-8)29-13(18)14(15,16)17/h8-12,18H,4H2,1-3H3/t8?,9?,10-,11-,12?/m1/s1. The van der Waals surface area contributed by atoms with E-state index in [1.807, 2.05) is 0 Å². The lowest BCUT2D eigenvalue weighted by molar-refractivity contribution is -0.256. The molecule has 0 aromatic carbocycles. The molecule has 1 fully saturated rings. The van der Waals surface area contributed by atoms with E-state index < -0.39 is 64.8 Å². The molecule has 3 unspecified atom stereocenters. The quantitative estimate of drug-likeness (QED) is 0.0890. The number of hydrogen-bond donors (Lipinski definition) is 1. The number of azide groups is 1. The third-order valence-electron chi connectivity index (χ3n) is 3.35. The van der Waals surface area contributed by atoms with Crippen molar-refractivity contribution in [3.05, 3.63) is 10.4 Å². The van der Waals surface area contributed by atoms with Crippen LogP contribution >= 0.6 is 34.8 Å². The molecule has 0 aromatic heterocycles. The van der Waals surface area contributed by atoms with Crippen molar-refractivity contribution in [1.82, 2.24) is 0 Å². The van der Waals surface area contributed by atoms with Crippen LogP contribution in [0, 0.1) is 5.41 Å². The summed E-state index contributed by atoms with van der Waals surface area (Å²) in [5.74, 6) is -3.16. The first kappa shape index (κ1) is 25.1. The fourth-order valence-electron chi connectivity index (χ4n) is 2.35. The van der Waals surface area contributed by atoms with Crippen LogP contribution in [0.1, 0.15) is 20.8 Å². The molecule has 0 radical (unpaired) electrons. The number of nitrogens with zero attached hydrogens (tertiary/aromatic N) is 3. The predicted octanol–water partition coefficient (Wildman–Crippen LogP) is 2.18. The zero-order chi connectivity index (χ0) is 22.4. The number of hydrogen-bond acceptors (Lipinski definition) is 10. The molecule has 1 N–H and O–H groups in total. The van der Waals surface area contributed by atoms with Crippen molar-refractivity contribution in [2.75, 3.05) is 6.61 Å². The van der Waals surface area contributed by atoms with Crippen LogP contribution in [-0.4, -0.2) is 64.8 Å². The predicted molar refractivity (Wildman–Crippen MR) is 98.4 cm³/mol. The molecular weight excluding hydrogens is 459 g/mol. The van der Waals surface area contributed by atoms with E-state index in [-0.39, 0.29) is 0 Å². The summed E-state index contributed by atoms with van der Waals surface area (Å²) in [5, 5.41) is 11.1. The molecule has 15 heteroatoms. The van der Waals surface area contributed by atoms with Crippen LogP contribution in [0.4, 0.5) is 0 Å². The van der Waals surface area contributed by atoms with Gasteiger partial charge in [-0.1, -0.05) is 39.9 Å². The van der Waals surface area contributed by atoms with Crippen LogP contribution in [0.25, 0.3) is 10.4 Å². The van der Waals surface area contributed by atoms with Gasteiger partial charge >= 0.3 is 17.9 Å². The van der Waals surface area contributed by atoms with Gasteiger partial charge in [-0.3, -0.25) is 19.8 Å². The zero-order valence-corrected chi connectivity index (χ0v) is 17.6. The Morgan fingerprint density at radius 1 is 1.07 bits per heavy atom. The maximum atomic E-state index is 11.6. The lowest BCUT2D eigenvalue weighted by atomic mass is 9.97. The Balaban J connectivity index is 3.35. The monoisotopic (exact) mass is 474 g/mol. The summed E-state index contributed by atoms with van der Waals surface area (Å²) in [6.45, 7) is 2.82. The molecule has 0 amide bonds. The molecular formula is C14H17Cl3N4O8. The van der Waals surface area contributed by atoms with Crippen molar-refractivity contribution >= 4 is 58.6 Å². The smallest absolute Gasteiger partial charge is 0.303 e. The number of esters is 3. The van der Waals surface area contributed by atoms with Crippen molar-refractivity contribution in [2.24, 2.45) is 5.11 Å². The Bertz CT molecular complexity index is 709. The lowest BCUT2D eigenvalue weighted by Gasteiger charge is -2.43. The Morgan fingerprint density at radius 2 is 1.62 bits per heavy atom. The highest BCUT2D eigenvalue weighted by atomic mass is 35.6. The molecule has 0 aromatic rings. The molecule has 1 aliphatic rings. The number of carbonyl (C=O) groups excluding carboxylic acids is 3. The first-order chi connectivity index (χ1) is 13.4. The van der Waals surface area contributed by atoms with E-state index in [0.29, 0.717) is 0 Å². The summed E-state index contributed by atoms with van der Waals surface area (Å²) in [5.41, 5.74) is 8.89. The van der Waals surface area contributed by atoms with Crippen LogP contribution < -0.4 is 0 Å². The van der Waals surface area contributed by atoms with Crippen LogP contribution in [0.2, 0.25) is 0 Å². The molecule has 1 aliphatic heterocycles. The van der Waals surface area contributed by atoms with E-state index in [2.05, 4.69) is 10.0 Å². The van der Waals surface area contributed by atoms with E-state index >= 15 is 0 Å². The summed E-state index contributed by atoms with van der Waals surface area (Å²) in [4.78, 5) is 36.9. The van der Waals surface area contributed by atoms with Crippen molar-refractivity contribution < 1.29 is 38.1 Å². The van der Waals surface area contributed by atoms with E-state index in [4.69, 9.17) is 69.4 Å². The summed E-state index contributed by atoms with van der Waals surface area (Å²) in [6.07, 6.45) is -5.60. The van der Waals surface area contributed by atoms with Crippen molar-refractivity contribution in [3.8, 4) is 0 Å². The topological polar surface area (TPSA) is 170 Å². The summed E-state index contributed by atoms with van der Waals surface area (Å²) >= 11 is 16.7. The van der Waals surface area contributed by atoms with Gasteiger partial charge in [0.15, 0.2) is 12.2 Å². The average molecular weight is 476 g/mol. The Morgan fingerprint density at radius 3 is 2.07 bits per heavy atom. The van der Waals surface area contributed by atoms with Gasteiger partial charge in [-0.05, 0) is 5.53 Å². The molecule has 0 spiro atoms. The second-order valence-corrected chi connectivity index (χ2v) is 7.92. The largest absolute Gasteiger partial charge is 0.463 e. The molecule has 1 saturated heterocycles. The van der Waals surface area contributed by atoms with E-state index in [0.717, 1.165) is 20.8 Å². The molecule has 0 aliphatic carbocycles. The third-order valence-corrected chi connectivity index (χ3v) is 3.86. The van der Waals surface area contributed by atoms with Crippen molar-refractivity contribution in [2.45, 2.75) is 55.2 Å². The first-order valence-corrected chi connectivity index (χ1v) is 9.00. The second-order valence-electron chi connectivity index (χ2n) is 5.63. The molecule has 1 rings (SSSR count). The molecule has 12 nitrogen and oxygen atoms in total. The van der Waals surface area contributed by atoms with Crippen molar-refractivity contribution in [3.63, 3.8) is 0 Å². The van der Waals surface area contributed by atoms with Gasteiger partial charge < -0.3 is 23.7 Å². The summed E-state index contributed by atoms with van der Waals surface area (Å²) < 4.78 is 23.6. The van der Waals surface area contributed by atoms with Gasteiger partial charge in [0.25, 0.3) is 3.79 Å². The Kier molecular flexibility index (Phi) is 9.24. The van der Waals surface area contributed by atoms with Gasteiger partial charge in [-0.15, -0.1) is 0 Å². The van der Waals surface area contributed by atoms with E-state index in [1.54, 1.807) is 0 Å². The third kappa shape index (κ3) is 7.75. The zero-order valence-electron chi connectivity index (χ0n) is 15.3. The number of halogens is 3. The highest BCUT2D eigenvalue weighted by molar-refractivity contribution is 6.76. The number of nitrogens with one attached hydrogen (secondary N) is 1. The second kappa shape index (κ2) is 10.7. The van der Waals surface area contributed by atoms with Crippen LogP contribution in [-0.2, 0) is 38.1 Å². The minimum Gasteiger partial charge on any atom is -0.463 e. The molecule has 1 heterocycles. The Hall–Kier alpha value is -1.98. The van der Waals surface area contributed by atoms with Gasteiger partial charge in [-0.25, -0.2) is 0 Å². The number of alkyl halides is 3. The highest BCUT2D eigenvalue weighted by Gasteiger charge is 2.52. The highest BCUT2D eigenvalue weighted by Crippen LogP contribution is 2.33. The van der Waals surface area contributed by atoms with Gasteiger partial charge in [0.05, 0.1) is 0 Å². The minimum atomic E-state index is -2.28. The van der Waals surface area contributed by atoms with Crippen LogP contribution in [0.5, 0.6) is 0 Å². The van der Waals surface area contributed by atoms with Crippen molar-refractivity contribution in [1.29, 1.82) is 5.41 Å². The summed E-state index contributed by atoms with van der Waals surface area (Å²) in [6, 6.07) is -1.45. The molecule has 5 atom stereocenters. The van der Waals surface area contributed by atoms with E-state index in [9.17, 15) is 14.4 Å². The van der Waals surface area contributed by atoms with Gasteiger partial charge in [0, 0.05) is 25.7 Å². The maximum Gasteiger partial charge on any atom is 0.303 e. The lowest BCUT2D eigenvalue weighted by Crippen LogP contribution is -2.61. The molecule has 162 valence electrons. The maximum absolute atomic E-state index is 11.6. The minimum absolute atomic E-state index is 0.449. The molecule has 29 heavy (non-hydrogen) atoms. The molecule has 0 bridgehead atoms. The van der Waals surface area contributed by atoms with Gasteiger partial charge in [-0.2, -0.15) is 0 Å². The Labute approximate surface area is 179 Å². The average Bonchev–Trinajstić information content (AvgIpc) is 2.56. The number of rotatable bonds is 6. The van der Waals surface area contributed by atoms with Crippen LogP contribution in [0.3, 0.4) is 0 Å². The van der Waals surface area contributed by atoms with Gasteiger partial charge in [0.1, 0.15) is 18.8 Å². The van der Waals surface area contributed by atoms with Gasteiger partial charge in [0.2, 0.25) is 12.2 Å². The fourth-order valence-corrected chi connectivity index (χ4v) is 2.48. The molecule has 0 saturated carbocycles. The van der Waals surface area contributed by atoms with E-state index in [1.165, 1.54) is 0 Å². The summed E-state index contributed by atoms with van der Waals surface area (Å²) in [7, 11) is 0. The fraction of sp³-hybridized carbons (Fsp3) is 0.714. The number of ether oxygens (including phenoxy) is 5. The first-order valence-electron chi connectivity index (χ1n) is 7.86. The SMILES string of the molecule is CC(=O)OCC1OC(OC(=N)C(Cl)(Cl)Cl)C(N=[N+]=[N-])[C@@H](OC(C)=O)[C@@H]1OC(C)=O. The normalized spacial score (nSPS) is 26.5. The van der Waals surface area contributed by atoms with Crippen LogP contribution in [0.15, 0.2) is 5.11 Å². The number of carbonyl (C=O) groups is 3.